The molecule has 1 aromatic heterocycles. The van der Waals surface area contributed by atoms with Crippen molar-refractivity contribution in [2.24, 2.45) is 11.7 Å². The molecule has 1 unspecified atom stereocenters. The summed E-state index contributed by atoms with van der Waals surface area (Å²) in [6.07, 6.45) is 9.49. The van der Waals surface area contributed by atoms with E-state index in [1.165, 1.54) is 6.07 Å². The Kier molecular flexibility index (Phi) is 6.11. The van der Waals surface area contributed by atoms with E-state index in [1.54, 1.807) is 22.8 Å². The molecule has 2 N–H and O–H groups in total. The van der Waals surface area contributed by atoms with Gasteiger partial charge in [-0.25, -0.2) is 9.18 Å². The standard InChI is InChI=1S/C25H23ClFN3O/c26-21-10-7-17(14-22(21)27)5-1-3-16-4-2-6-19-20-13-18(15-28)9-12-24(20)30(25(29)31)23(19)11-8-16/h1,5,7,9-10,12-14,16H,2-4,6,8,11H2,(H2,29,31)/b5-1+. The van der Waals surface area contributed by atoms with Crippen molar-refractivity contribution in [2.45, 2.75) is 38.5 Å². The molecule has 4 nitrogen and oxygen atoms in total. The van der Waals surface area contributed by atoms with Gasteiger partial charge in [-0.2, -0.15) is 5.26 Å². The molecule has 0 saturated heterocycles. The summed E-state index contributed by atoms with van der Waals surface area (Å²) in [6, 6.07) is 11.9. The fourth-order valence-electron chi connectivity index (χ4n) is 4.57. The minimum Gasteiger partial charge on any atom is -0.351 e. The van der Waals surface area contributed by atoms with E-state index in [2.05, 4.69) is 12.1 Å². The first-order chi connectivity index (χ1) is 15.0. The van der Waals surface area contributed by atoms with Crippen molar-refractivity contribution in [3.05, 3.63) is 75.7 Å². The van der Waals surface area contributed by atoms with Crippen LogP contribution in [0.25, 0.3) is 17.0 Å². The predicted molar refractivity (Wildman–Crippen MR) is 121 cm³/mol. The second kappa shape index (κ2) is 8.95. The number of benzene rings is 2. The molecule has 1 atom stereocenters. The summed E-state index contributed by atoms with van der Waals surface area (Å²) >= 11 is 5.74. The number of halogens is 2. The predicted octanol–water partition coefficient (Wildman–Crippen LogP) is 6.22. The van der Waals surface area contributed by atoms with E-state index >= 15 is 0 Å². The number of rotatable bonds is 3. The number of hydrogen-bond acceptors (Lipinski definition) is 2. The van der Waals surface area contributed by atoms with Crippen molar-refractivity contribution in [1.82, 2.24) is 4.57 Å². The number of nitrogens with two attached hydrogens (primary N) is 1. The maximum absolute atomic E-state index is 13.6. The highest BCUT2D eigenvalue weighted by Crippen LogP contribution is 2.34. The molecule has 0 saturated carbocycles. The summed E-state index contributed by atoms with van der Waals surface area (Å²) in [4.78, 5) is 12.2. The Morgan fingerprint density at radius 3 is 2.84 bits per heavy atom. The van der Waals surface area contributed by atoms with Crippen LogP contribution in [-0.4, -0.2) is 10.6 Å². The molecule has 0 fully saturated rings. The van der Waals surface area contributed by atoms with Crippen molar-refractivity contribution in [2.75, 3.05) is 0 Å². The number of hydrogen-bond donors (Lipinski definition) is 1. The van der Waals surface area contributed by atoms with Gasteiger partial charge in [-0.15, -0.1) is 0 Å². The monoisotopic (exact) mass is 435 g/mol. The van der Waals surface area contributed by atoms with Gasteiger partial charge in [-0.3, -0.25) is 4.57 Å². The summed E-state index contributed by atoms with van der Waals surface area (Å²) < 4.78 is 15.2. The SMILES string of the molecule is N#Cc1ccc2c(c1)c1c(n2C(N)=O)CCC(C/C=C/c2ccc(Cl)c(F)c2)CCC1. The summed E-state index contributed by atoms with van der Waals surface area (Å²) in [7, 11) is 0. The average Bonchev–Trinajstić information content (AvgIpc) is 3.04. The van der Waals surface area contributed by atoms with Crippen LogP contribution in [0.2, 0.25) is 5.02 Å². The van der Waals surface area contributed by atoms with Gasteiger partial charge in [0, 0.05) is 11.1 Å². The van der Waals surface area contributed by atoms with Crippen molar-refractivity contribution in [1.29, 1.82) is 5.26 Å². The van der Waals surface area contributed by atoms with E-state index < -0.39 is 11.8 Å². The van der Waals surface area contributed by atoms with Crippen molar-refractivity contribution in [3.8, 4) is 6.07 Å². The maximum atomic E-state index is 13.6. The number of primary amides is 1. The zero-order valence-electron chi connectivity index (χ0n) is 17.1. The van der Waals surface area contributed by atoms with Crippen LogP contribution >= 0.6 is 11.6 Å². The fourth-order valence-corrected chi connectivity index (χ4v) is 4.69. The number of nitriles is 1. The van der Waals surface area contributed by atoms with Crippen molar-refractivity contribution >= 4 is 34.6 Å². The molecular weight excluding hydrogens is 413 g/mol. The molecule has 1 aliphatic carbocycles. The zero-order chi connectivity index (χ0) is 22.0. The number of carbonyl (C=O) groups is 1. The summed E-state index contributed by atoms with van der Waals surface area (Å²) in [5.74, 6) is 0.0525. The number of carbonyl (C=O) groups excluding carboxylic acids is 1. The molecule has 3 aromatic rings. The van der Waals surface area contributed by atoms with E-state index in [0.29, 0.717) is 11.5 Å². The number of aryl methyl sites for hydroxylation is 1. The Labute approximate surface area is 185 Å². The second-order valence-electron chi connectivity index (χ2n) is 8.05. The van der Waals surface area contributed by atoms with Gasteiger partial charge in [0.05, 0.1) is 22.2 Å². The Bertz CT molecular complexity index is 1220. The number of nitrogens with zero attached hydrogens (tertiary/aromatic N) is 2. The third-order valence-corrected chi connectivity index (χ3v) is 6.39. The molecule has 2 aromatic carbocycles. The molecule has 1 aliphatic rings. The lowest BCUT2D eigenvalue weighted by Crippen LogP contribution is -2.22. The molecule has 6 heteroatoms. The lowest BCUT2D eigenvalue weighted by molar-refractivity contribution is 0.250. The summed E-state index contributed by atoms with van der Waals surface area (Å²) in [5, 5.41) is 10.3. The van der Waals surface area contributed by atoms with Gasteiger partial charge in [0.1, 0.15) is 5.82 Å². The van der Waals surface area contributed by atoms with E-state index in [0.717, 1.165) is 66.2 Å². The summed E-state index contributed by atoms with van der Waals surface area (Å²) in [6.45, 7) is 0. The van der Waals surface area contributed by atoms with Crippen LogP contribution in [0.5, 0.6) is 0 Å². The first-order valence-corrected chi connectivity index (χ1v) is 10.8. The van der Waals surface area contributed by atoms with Crippen LogP contribution in [0.1, 0.15) is 48.1 Å². The molecule has 31 heavy (non-hydrogen) atoms. The first-order valence-electron chi connectivity index (χ1n) is 10.5. The minimum absolute atomic E-state index is 0.125. The normalized spacial score (nSPS) is 16.6. The molecule has 158 valence electrons. The Balaban J connectivity index is 1.55. The van der Waals surface area contributed by atoms with Crippen molar-refractivity contribution in [3.63, 3.8) is 0 Å². The van der Waals surface area contributed by atoms with Gasteiger partial charge in [0.25, 0.3) is 0 Å². The second-order valence-corrected chi connectivity index (χ2v) is 8.46. The average molecular weight is 436 g/mol. The van der Waals surface area contributed by atoms with E-state index in [-0.39, 0.29) is 5.02 Å². The van der Waals surface area contributed by atoms with Gasteiger partial charge >= 0.3 is 6.03 Å². The Hall–Kier alpha value is -3.10. The third kappa shape index (κ3) is 4.35. The highest BCUT2D eigenvalue weighted by Gasteiger charge is 2.23. The molecule has 1 amide bonds. The zero-order valence-corrected chi connectivity index (χ0v) is 17.8. The van der Waals surface area contributed by atoms with Crippen LogP contribution in [0.4, 0.5) is 9.18 Å². The molecular formula is C25H23ClFN3O. The highest BCUT2D eigenvalue weighted by atomic mass is 35.5. The van der Waals surface area contributed by atoms with Gasteiger partial charge < -0.3 is 5.73 Å². The minimum atomic E-state index is -0.488. The molecule has 0 radical (unpaired) electrons. The lowest BCUT2D eigenvalue weighted by Gasteiger charge is -2.20. The van der Waals surface area contributed by atoms with Crippen LogP contribution in [-0.2, 0) is 12.8 Å². The lowest BCUT2D eigenvalue weighted by atomic mass is 9.87. The van der Waals surface area contributed by atoms with E-state index in [9.17, 15) is 14.4 Å². The van der Waals surface area contributed by atoms with E-state index in [1.807, 2.05) is 18.2 Å². The van der Waals surface area contributed by atoms with Gasteiger partial charge in [-0.05, 0) is 85.9 Å². The molecule has 4 rings (SSSR count). The van der Waals surface area contributed by atoms with Crippen molar-refractivity contribution < 1.29 is 9.18 Å². The third-order valence-electron chi connectivity index (χ3n) is 6.08. The molecule has 1 heterocycles. The van der Waals surface area contributed by atoms with Gasteiger partial charge in [0.2, 0.25) is 0 Å². The van der Waals surface area contributed by atoms with Crippen LogP contribution in [0.15, 0.2) is 42.5 Å². The number of amides is 1. The molecule has 0 spiro atoms. The summed E-state index contributed by atoms with van der Waals surface area (Å²) in [5.41, 5.74) is 9.97. The largest absolute Gasteiger partial charge is 0.351 e. The first kappa shape index (κ1) is 21.1. The Morgan fingerprint density at radius 2 is 2.10 bits per heavy atom. The Morgan fingerprint density at radius 1 is 1.26 bits per heavy atom. The van der Waals surface area contributed by atoms with E-state index in [4.69, 9.17) is 17.3 Å². The van der Waals surface area contributed by atoms with Crippen LogP contribution < -0.4 is 5.73 Å². The van der Waals surface area contributed by atoms with Gasteiger partial charge in [-0.1, -0.05) is 29.8 Å². The van der Waals surface area contributed by atoms with Gasteiger partial charge in [0.15, 0.2) is 0 Å². The quantitative estimate of drug-likeness (QED) is 0.530. The smallest absolute Gasteiger partial charge is 0.323 e. The topological polar surface area (TPSA) is 71.8 Å². The number of fused-ring (bicyclic) bond motifs is 3. The highest BCUT2D eigenvalue weighted by molar-refractivity contribution is 6.30. The maximum Gasteiger partial charge on any atom is 0.323 e. The molecule has 0 bridgehead atoms. The van der Waals surface area contributed by atoms with Crippen LogP contribution in [0.3, 0.4) is 0 Å². The number of aromatic nitrogens is 1. The number of allylic oxidation sites excluding steroid dienone is 1. The molecule has 0 aliphatic heterocycles. The fraction of sp³-hybridized carbons (Fsp3) is 0.280. The van der Waals surface area contributed by atoms with Crippen LogP contribution in [0, 0.1) is 23.1 Å².